The highest BCUT2D eigenvalue weighted by molar-refractivity contribution is 5.80. The van der Waals surface area contributed by atoms with E-state index in [1.54, 1.807) is 24.4 Å². The third-order valence-corrected chi connectivity index (χ3v) is 2.55. The van der Waals surface area contributed by atoms with E-state index in [0.717, 1.165) is 0 Å². The molecule has 0 fully saturated rings. The van der Waals surface area contributed by atoms with Crippen LogP contribution in [0.15, 0.2) is 29.4 Å². The van der Waals surface area contributed by atoms with E-state index in [1.165, 1.54) is 10.8 Å². The molecule has 0 atom stereocenters. The topological polar surface area (TPSA) is 38.4 Å². The molecule has 0 saturated heterocycles. The first-order valence-electron chi connectivity index (χ1n) is 5.11. The van der Waals surface area contributed by atoms with Crippen molar-refractivity contribution in [3.05, 3.63) is 35.6 Å². The third-order valence-electron chi connectivity index (χ3n) is 2.55. The predicted octanol–water partition coefficient (Wildman–Crippen LogP) is 0.971. The number of hydrogen-bond donors (Lipinski definition) is 0. The summed E-state index contributed by atoms with van der Waals surface area (Å²) in [6, 6.07) is 6.41. The van der Waals surface area contributed by atoms with Crippen LogP contribution in [-0.4, -0.2) is 23.3 Å². The minimum atomic E-state index is -0.484. The molecule has 1 aromatic rings. The normalized spacial score (nSPS) is 21.2. The van der Waals surface area contributed by atoms with Crippen molar-refractivity contribution in [3.63, 3.8) is 0 Å². The molecule has 0 aromatic heterocycles. The standard InChI is InChI=1S/C12H13FN2O/c1-12(2)8-15(14-11(12)16)7-9-5-3-4-6-10(9)13/h3-7H,8H2,1-2H3/b15-7-. The Balaban J connectivity index is 2.32. The molecular weight excluding hydrogens is 207 g/mol. The van der Waals surface area contributed by atoms with E-state index in [9.17, 15) is 9.50 Å². The molecule has 0 amide bonds. The second-order valence-corrected chi connectivity index (χ2v) is 4.54. The van der Waals surface area contributed by atoms with E-state index in [0.29, 0.717) is 12.1 Å². The molecule has 84 valence electrons. The monoisotopic (exact) mass is 220 g/mol. The summed E-state index contributed by atoms with van der Waals surface area (Å²) in [4.78, 5) is 0. The molecule has 0 saturated carbocycles. The number of rotatable bonds is 1. The lowest BCUT2D eigenvalue weighted by Gasteiger charge is -2.16. The van der Waals surface area contributed by atoms with Gasteiger partial charge in [-0.3, -0.25) is 0 Å². The van der Waals surface area contributed by atoms with E-state index in [-0.39, 0.29) is 11.7 Å². The number of nitrogens with zero attached hydrogens (tertiary/aromatic N) is 2. The molecule has 1 aliphatic heterocycles. The van der Waals surface area contributed by atoms with Crippen LogP contribution in [0.25, 0.3) is 0 Å². The molecule has 0 unspecified atom stereocenters. The lowest BCUT2D eigenvalue weighted by Crippen LogP contribution is -2.33. The molecule has 1 heterocycles. The van der Waals surface area contributed by atoms with Crippen LogP contribution in [-0.2, 0) is 0 Å². The van der Waals surface area contributed by atoms with Gasteiger partial charge in [-0.1, -0.05) is 16.8 Å². The molecule has 0 N–H and O–H groups in total. The van der Waals surface area contributed by atoms with Gasteiger partial charge in [0.05, 0.1) is 11.0 Å². The van der Waals surface area contributed by atoms with Crippen molar-refractivity contribution < 1.29 is 14.2 Å². The maximum absolute atomic E-state index is 13.3. The molecule has 0 radical (unpaired) electrons. The molecule has 1 aromatic carbocycles. The first-order valence-corrected chi connectivity index (χ1v) is 5.11. The Morgan fingerprint density at radius 1 is 1.44 bits per heavy atom. The smallest absolute Gasteiger partial charge is 0.206 e. The van der Waals surface area contributed by atoms with Gasteiger partial charge in [0.15, 0.2) is 6.54 Å². The average molecular weight is 220 g/mol. The van der Waals surface area contributed by atoms with Gasteiger partial charge in [0, 0.05) is 5.90 Å². The molecular formula is C12H13FN2O. The maximum Gasteiger partial charge on any atom is 0.206 e. The fourth-order valence-electron chi connectivity index (χ4n) is 1.57. The number of hydrazone groups is 1. The van der Waals surface area contributed by atoms with Crippen molar-refractivity contribution in [3.8, 4) is 0 Å². The summed E-state index contributed by atoms with van der Waals surface area (Å²) in [6.45, 7) is 4.14. The summed E-state index contributed by atoms with van der Waals surface area (Å²) in [5.74, 6) is -0.477. The van der Waals surface area contributed by atoms with Crippen LogP contribution in [0.5, 0.6) is 0 Å². The van der Waals surface area contributed by atoms with Crippen molar-refractivity contribution in [2.24, 2.45) is 10.5 Å². The van der Waals surface area contributed by atoms with E-state index in [2.05, 4.69) is 5.10 Å². The minimum absolute atomic E-state index is 0.167. The van der Waals surface area contributed by atoms with Crippen LogP contribution >= 0.6 is 0 Å². The second kappa shape index (κ2) is 3.70. The van der Waals surface area contributed by atoms with E-state index < -0.39 is 5.41 Å². The molecule has 4 heteroatoms. The van der Waals surface area contributed by atoms with Gasteiger partial charge in [-0.25, -0.2) is 4.39 Å². The van der Waals surface area contributed by atoms with Crippen LogP contribution in [0.4, 0.5) is 4.39 Å². The van der Waals surface area contributed by atoms with Crippen LogP contribution in [0, 0.1) is 11.2 Å². The van der Waals surface area contributed by atoms with Crippen LogP contribution in [0.2, 0.25) is 0 Å². The molecule has 3 nitrogen and oxygen atoms in total. The van der Waals surface area contributed by atoms with Gasteiger partial charge in [0.2, 0.25) is 6.21 Å². The minimum Gasteiger partial charge on any atom is -0.857 e. The second-order valence-electron chi connectivity index (χ2n) is 4.54. The van der Waals surface area contributed by atoms with Crippen LogP contribution in [0.3, 0.4) is 0 Å². The van der Waals surface area contributed by atoms with Crippen LogP contribution in [0.1, 0.15) is 19.4 Å². The fraction of sp³-hybridized carbons (Fsp3) is 0.333. The Hall–Kier alpha value is -1.71. The highest BCUT2D eigenvalue weighted by atomic mass is 19.1. The molecule has 0 spiro atoms. The van der Waals surface area contributed by atoms with Crippen LogP contribution < -0.4 is 5.11 Å². The van der Waals surface area contributed by atoms with Crippen molar-refractivity contribution in [1.29, 1.82) is 0 Å². The Morgan fingerprint density at radius 2 is 2.12 bits per heavy atom. The zero-order chi connectivity index (χ0) is 11.8. The number of halogens is 1. The van der Waals surface area contributed by atoms with Gasteiger partial charge in [0.1, 0.15) is 5.82 Å². The van der Waals surface area contributed by atoms with E-state index >= 15 is 0 Å². The molecule has 16 heavy (non-hydrogen) atoms. The third kappa shape index (κ3) is 1.96. The maximum atomic E-state index is 13.3. The summed E-state index contributed by atoms with van der Waals surface area (Å²) in [6.07, 6.45) is 1.56. The molecule has 1 aliphatic rings. The Labute approximate surface area is 93.5 Å². The van der Waals surface area contributed by atoms with Crippen molar-refractivity contribution in [2.45, 2.75) is 13.8 Å². The quantitative estimate of drug-likeness (QED) is 0.650. The Kier molecular flexibility index (Phi) is 2.50. The van der Waals surface area contributed by atoms with Gasteiger partial charge in [-0.05, 0) is 31.1 Å². The summed E-state index contributed by atoms with van der Waals surface area (Å²) >= 11 is 0. The van der Waals surface area contributed by atoms with E-state index in [1.807, 2.05) is 13.8 Å². The van der Waals surface area contributed by atoms with Gasteiger partial charge in [0.25, 0.3) is 0 Å². The average Bonchev–Trinajstić information content (AvgIpc) is 2.44. The number of benzene rings is 1. The number of hydrogen-bond acceptors (Lipinski definition) is 2. The molecule has 0 aliphatic carbocycles. The molecule has 0 bridgehead atoms. The zero-order valence-electron chi connectivity index (χ0n) is 9.27. The zero-order valence-corrected chi connectivity index (χ0v) is 9.27. The fourth-order valence-corrected chi connectivity index (χ4v) is 1.57. The summed E-state index contributed by atoms with van der Waals surface area (Å²) in [5.41, 5.74) is -0.0429. The first-order chi connectivity index (χ1) is 7.49. The highest BCUT2D eigenvalue weighted by Gasteiger charge is 2.32. The van der Waals surface area contributed by atoms with Gasteiger partial charge >= 0.3 is 0 Å². The van der Waals surface area contributed by atoms with Crippen molar-refractivity contribution >= 4 is 12.1 Å². The highest BCUT2D eigenvalue weighted by Crippen LogP contribution is 2.20. The predicted molar refractivity (Wildman–Crippen MR) is 57.9 cm³/mol. The Morgan fingerprint density at radius 3 is 2.69 bits per heavy atom. The summed E-state index contributed by atoms with van der Waals surface area (Å²) in [7, 11) is 0. The van der Waals surface area contributed by atoms with Gasteiger partial charge in [-0.15, -0.1) is 0 Å². The molecule has 2 rings (SSSR count). The van der Waals surface area contributed by atoms with Gasteiger partial charge < -0.3 is 5.11 Å². The Bertz CT molecular complexity index is 478. The SMILES string of the molecule is CC1(C)C/[N+](=C/c2ccccc2F)N=C1[O-]. The summed E-state index contributed by atoms with van der Waals surface area (Å²) in [5, 5.41) is 15.3. The van der Waals surface area contributed by atoms with Crippen molar-refractivity contribution in [2.75, 3.05) is 6.54 Å². The van der Waals surface area contributed by atoms with E-state index in [4.69, 9.17) is 0 Å². The van der Waals surface area contributed by atoms with Crippen molar-refractivity contribution in [1.82, 2.24) is 0 Å². The lowest BCUT2D eigenvalue weighted by atomic mass is 9.95. The lowest BCUT2D eigenvalue weighted by molar-refractivity contribution is -0.527. The first kappa shape index (κ1) is 10.8. The largest absolute Gasteiger partial charge is 0.857 e. The van der Waals surface area contributed by atoms with Gasteiger partial charge in [-0.2, -0.15) is 0 Å². The summed E-state index contributed by atoms with van der Waals surface area (Å²) < 4.78 is 14.8.